The molecule has 0 fully saturated rings. The summed E-state index contributed by atoms with van der Waals surface area (Å²) in [5.41, 5.74) is 0. The molecule has 0 amide bonds. The van der Waals surface area contributed by atoms with Crippen molar-refractivity contribution in [2.75, 3.05) is 13.2 Å². The standard InChI is InChI=1S/C15H30O4/c1-3-5-6-7-8-9-10-11-14(4-2)18-12-13-19-15(16)17/h14H,3-13H2,1-2H3,(H,16,17). The van der Waals surface area contributed by atoms with E-state index in [9.17, 15) is 4.79 Å². The van der Waals surface area contributed by atoms with Crippen LogP contribution in [-0.2, 0) is 9.47 Å². The summed E-state index contributed by atoms with van der Waals surface area (Å²) in [5, 5.41) is 8.32. The third-order valence-corrected chi connectivity index (χ3v) is 3.25. The number of rotatable bonds is 13. The van der Waals surface area contributed by atoms with E-state index in [1.807, 2.05) is 0 Å². The van der Waals surface area contributed by atoms with Crippen molar-refractivity contribution in [3.63, 3.8) is 0 Å². The van der Waals surface area contributed by atoms with Gasteiger partial charge in [0.05, 0.1) is 12.7 Å². The molecular formula is C15H30O4. The van der Waals surface area contributed by atoms with Gasteiger partial charge in [0.1, 0.15) is 6.61 Å². The minimum absolute atomic E-state index is 0.128. The number of hydrogen-bond acceptors (Lipinski definition) is 3. The van der Waals surface area contributed by atoms with Crippen molar-refractivity contribution in [3.8, 4) is 0 Å². The van der Waals surface area contributed by atoms with E-state index in [2.05, 4.69) is 18.6 Å². The van der Waals surface area contributed by atoms with Gasteiger partial charge in [-0.2, -0.15) is 0 Å². The fourth-order valence-corrected chi connectivity index (χ4v) is 2.08. The molecule has 0 saturated heterocycles. The Morgan fingerprint density at radius 1 is 1.00 bits per heavy atom. The number of hydrogen-bond donors (Lipinski definition) is 1. The summed E-state index contributed by atoms with van der Waals surface area (Å²) >= 11 is 0. The lowest BCUT2D eigenvalue weighted by Crippen LogP contribution is -2.16. The number of unbranched alkanes of at least 4 members (excludes halogenated alkanes) is 6. The van der Waals surface area contributed by atoms with Gasteiger partial charge in [0.2, 0.25) is 0 Å². The molecule has 0 bridgehead atoms. The molecule has 19 heavy (non-hydrogen) atoms. The summed E-state index contributed by atoms with van der Waals surface area (Å²) in [6.07, 6.45) is 10.2. The maximum absolute atomic E-state index is 10.2. The molecule has 0 aliphatic heterocycles. The van der Waals surface area contributed by atoms with Crippen LogP contribution in [-0.4, -0.2) is 30.6 Å². The lowest BCUT2D eigenvalue weighted by Gasteiger charge is -2.15. The molecule has 1 unspecified atom stereocenters. The normalized spacial score (nSPS) is 12.3. The Kier molecular flexibility index (Phi) is 13.1. The van der Waals surface area contributed by atoms with Gasteiger partial charge in [0.25, 0.3) is 0 Å². The van der Waals surface area contributed by atoms with Crippen LogP contribution in [0.5, 0.6) is 0 Å². The topological polar surface area (TPSA) is 55.8 Å². The van der Waals surface area contributed by atoms with Gasteiger partial charge in [-0.15, -0.1) is 0 Å². The van der Waals surface area contributed by atoms with Crippen LogP contribution in [0.1, 0.15) is 71.6 Å². The number of carbonyl (C=O) groups is 1. The summed E-state index contributed by atoms with van der Waals surface area (Å²) in [4.78, 5) is 10.2. The van der Waals surface area contributed by atoms with Crippen LogP contribution in [0.15, 0.2) is 0 Å². The first-order valence-corrected chi connectivity index (χ1v) is 7.68. The quantitative estimate of drug-likeness (QED) is 0.393. The molecule has 0 heterocycles. The molecule has 114 valence electrons. The molecule has 0 radical (unpaired) electrons. The monoisotopic (exact) mass is 274 g/mol. The van der Waals surface area contributed by atoms with Gasteiger partial charge in [0, 0.05) is 0 Å². The van der Waals surface area contributed by atoms with Crippen LogP contribution in [0.4, 0.5) is 4.79 Å². The van der Waals surface area contributed by atoms with Crippen molar-refractivity contribution in [2.24, 2.45) is 0 Å². The molecule has 0 spiro atoms. The van der Waals surface area contributed by atoms with Gasteiger partial charge < -0.3 is 14.6 Å². The molecule has 0 saturated carbocycles. The number of ether oxygens (including phenoxy) is 2. The van der Waals surface area contributed by atoms with Crippen molar-refractivity contribution in [2.45, 2.75) is 77.7 Å². The molecule has 4 nitrogen and oxygen atoms in total. The molecule has 0 aromatic rings. The average Bonchev–Trinajstić information content (AvgIpc) is 2.39. The van der Waals surface area contributed by atoms with Crippen molar-refractivity contribution in [1.29, 1.82) is 0 Å². The zero-order valence-corrected chi connectivity index (χ0v) is 12.5. The lowest BCUT2D eigenvalue weighted by molar-refractivity contribution is 0.00503. The highest BCUT2D eigenvalue weighted by molar-refractivity contribution is 5.56. The van der Waals surface area contributed by atoms with E-state index in [1.54, 1.807) is 0 Å². The summed E-state index contributed by atoms with van der Waals surface area (Å²) < 4.78 is 10.0. The maximum atomic E-state index is 10.2. The minimum atomic E-state index is -1.23. The molecule has 0 aromatic carbocycles. The van der Waals surface area contributed by atoms with Gasteiger partial charge in [-0.05, 0) is 12.8 Å². The van der Waals surface area contributed by atoms with Gasteiger partial charge in [-0.3, -0.25) is 0 Å². The summed E-state index contributed by atoms with van der Waals surface area (Å²) in [6.45, 7) is 4.82. The second-order valence-electron chi connectivity index (χ2n) is 4.93. The van der Waals surface area contributed by atoms with E-state index < -0.39 is 6.16 Å². The van der Waals surface area contributed by atoms with Crippen LogP contribution < -0.4 is 0 Å². The molecular weight excluding hydrogens is 244 g/mol. The predicted octanol–water partition coefficient (Wildman–Crippen LogP) is 4.62. The molecule has 4 heteroatoms. The maximum Gasteiger partial charge on any atom is 0.505 e. The Balaban J connectivity index is 3.36. The highest BCUT2D eigenvalue weighted by Crippen LogP contribution is 2.12. The van der Waals surface area contributed by atoms with Crippen molar-refractivity contribution >= 4 is 6.16 Å². The fourth-order valence-electron chi connectivity index (χ4n) is 2.08. The van der Waals surface area contributed by atoms with E-state index in [4.69, 9.17) is 9.84 Å². The smallest absolute Gasteiger partial charge is 0.450 e. The van der Waals surface area contributed by atoms with E-state index >= 15 is 0 Å². The molecule has 0 aromatic heterocycles. The Labute approximate surface area is 117 Å². The van der Waals surface area contributed by atoms with E-state index in [-0.39, 0.29) is 12.7 Å². The third-order valence-electron chi connectivity index (χ3n) is 3.25. The van der Waals surface area contributed by atoms with Gasteiger partial charge >= 0.3 is 6.16 Å². The summed E-state index contributed by atoms with van der Waals surface area (Å²) in [5.74, 6) is 0. The molecule has 0 rings (SSSR count). The molecule has 1 N–H and O–H groups in total. The van der Waals surface area contributed by atoms with Crippen LogP contribution in [0.2, 0.25) is 0 Å². The molecule has 0 aliphatic rings. The average molecular weight is 274 g/mol. The molecule has 1 atom stereocenters. The second kappa shape index (κ2) is 13.7. The van der Waals surface area contributed by atoms with Gasteiger partial charge in [-0.25, -0.2) is 4.79 Å². The SMILES string of the molecule is CCCCCCCCCC(CC)OCCOC(=O)O. The van der Waals surface area contributed by atoms with Crippen molar-refractivity contribution in [3.05, 3.63) is 0 Å². The van der Waals surface area contributed by atoms with Crippen molar-refractivity contribution < 1.29 is 19.4 Å². The van der Waals surface area contributed by atoms with Gasteiger partial charge in [-0.1, -0.05) is 58.8 Å². The van der Waals surface area contributed by atoms with Crippen LogP contribution >= 0.6 is 0 Å². The second-order valence-corrected chi connectivity index (χ2v) is 4.93. The van der Waals surface area contributed by atoms with Gasteiger partial charge in [0.15, 0.2) is 0 Å². The lowest BCUT2D eigenvalue weighted by atomic mass is 10.1. The van der Waals surface area contributed by atoms with E-state index in [1.165, 1.54) is 44.9 Å². The highest BCUT2D eigenvalue weighted by atomic mass is 16.7. The fraction of sp³-hybridized carbons (Fsp3) is 0.933. The predicted molar refractivity (Wildman–Crippen MR) is 76.6 cm³/mol. The summed E-state index contributed by atoms with van der Waals surface area (Å²) in [6, 6.07) is 0. The molecule has 0 aliphatic carbocycles. The van der Waals surface area contributed by atoms with E-state index in [0.29, 0.717) is 6.61 Å². The van der Waals surface area contributed by atoms with Crippen LogP contribution in [0.3, 0.4) is 0 Å². The summed E-state index contributed by atoms with van der Waals surface area (Å²) in [7, 11) is 0. The Bertz CT molecular complexity index is 206. The van der Waals surface area contributed by atoms with E-state index in [0.717, 1.165) is 12.8 Å². The largest absolute Gasteiger partial charge is 0.505 e. The van der Waals surface area contributed by atoms with Crippen LogP contribution in [0, 0.1) is 0 Å². The first kappa shape index (κ1) is 18.2. The van der Waals surface area contributed by atoms with Crippen LogP contribution in [0.25, 0.3) is 0 Å². The Morgan fingerprint density at radius 2 is 1.63 bits per heavy atom. The zero-order valence-electron chi connectivity index (χ0n) is 12.5. The highest BCUT2D eigenvalue weighted by Gasteiger charge is 2.06. The Hall–Kier alpha value is -0.770. The Morgan fingerprint density at radius 3 is 2.21 bits per heavy atom. The third kappa shape index (κ3) is 13.5. The minimum Gasteiger partial charge on any atom is -0.450 e. The first-order valence-electron chi connectivity index (χ1n) is 7.68. The zero-order chi connectivity index (χ0) is 14.3. The number of carboxylic acid groups (broad SMARTS) is 1. The first-order chi connectivity index (χ1) is 9.20. The van der Waals surface area contributed by atoms with Crippen molar-refractivity contribution in [1.82, 2.24) is 0 Å².